The molecule has 1 saturated heterocycles. The van der Waals surface area contributed by atoms with E-state index in [-0.39, 0.29) is 54.5 Å². The zero-order chi connectivity index (χ0) is 21.1. The first-order valence-corrected chi connectivity index (χ1v) is 9.89. The largest absolute Gasteiger partial charge is 0.507 e. The number of esters is 2. The number of carbonyl (C=O) groups is 3. The van der Waals surface area contributed by atoms with Crippen LogP contribution in [0.25, 0.3) is 0 Å². The number of benzene rings is 1. The van der Waals surface area contributed by atoms with Crippen LogP contribution in [0.2, 0.25) is 0 Å². The van der Waals surface area contributed by atoms with Crippen molar-refractivity contribution < 1.29 is 34.1 Å². The molecule has 0 saturated carbocycles. The Balaban J connectivity index is 1.67. The molecule has 4 atom stereocenters. The number of hydrogen-bond acceptors (Lipinski definition) is 7. The molecule has 8 nitrogen and oxygen atoms in total. The summed E-state index contributed by atoms with van der Waals surface area (Å²) in [4.78, 5) is 36.1. The van der Waals surface area contributed by atoms with Crippen molar-refractivity contribution in [1.82, 2.24) is 5.32 Å². The summed E-state index contributed by atoms with van der Waals surface area (Å²) in [5.74, 6) is -1.64. The molecule has 0 radical (unpaired) electrons. The van der Waals surface area contributed by atoms with E-state index >= 15 is 0 Å². The van der Waals surface area contributed by atoms with E-state index < -0.39 is 24.2 Å². The summed E-state index contributed by atoms with van der Waals surface area (Å²) in [5.41, 5.74) is 0.843. The second-order valence-electron chi connectivity index (χ2n) is 8.18. The van der Waals surface area contributed by atoms with Crippen molar-refractivity contribution in [3.8, 4) is 5.75 Å². The Morgan fingerprint density at radius 1 is 1.28 bits per heavy atom. The lowest BCUT2D eigenvalue weighted by atomic mass is 9.90. The van der Waals surface area contributed by atoms with Gasteiger partial charge in [-0.1, -0.05) is 26.0 Å². The molecule has 0 bridgehead atoms. The highest BCUT2D eigenvalue weighted by Crippen LogP contribution is 2.30. The van der Waals surface area contributed by atoms with Gasteiger partial charge in [0.25, 0.3) is 0 Å². The second kappa shape index (κ2) is 8.82. The van der Waals surface area contributed by atoms with Crippen molar-refractivity contribution in [2.45, 2.75) is 57.8 Å². The van der Waals surface area contributed by atoms with Crippen LogP contribution in [0, 0.1) is 11.8 Å². The van der Waals surface area contributed by atoms with Gasteiger partial charge in [0, 0.05) is 12.3 Å². The highest BCUT2D eigenvalue weighted by molar-refractivity contribution is 5.95. The number of cyclic esters (lactones) is 2. The summed E-state index contributed by atoms with van der Waals surface area (Å²) in [6.07, 6.45) is -0.651. The van der Waals surface area contributed by atoms with E-state index in [9.17, 15) is 24.6 Å². The van der Waals surface area contributed by atoms with Crippen LogP contribution in [0.1, 0.15) is 49.0 Å². The van der Waals surface area contributed by atoms with E-state index in [1.807, 2.05) is 13.8 Å². The minimum absolute atomic E-state index is 0.102. The first-order valence-electron chi connectivity index (χ1n) is 9.89. The highest BCUT2D eigenvalue weighted by Gasteiger charge is 2.36. The zero-order valence-corrected chi connectivity index (χ0v) is 16.6. The summed E-state index contributed by atoms with van der Waals surface area (Å²) in [6.45, 7) is 4.11. The Morgan fingerprint density at radius 2 is 2.03 bits per heavy atom. The maximum Gasteiger partial charge on any atom is 0.342 e. The minimum Gasteiger partial charge on any atom is -0.507 e. The standard InChI is InChI=1S/C21H27NO7/c1-11(2)6-14(22-18(25)9-16(24)13-8-19(26)28-10-13)17-7-12-4-3-5-15(23)20(12)21(27)29-17/h3-5,11,13-14,16-17,23-24H,6-10H2,1-2H3,(H,22,25). The van der Waals surface area contributed by atoms with Crippen molar-refractivity contribution in [1.29, 1.82) is 0 Å². The molecule has 2 heterocycles. The summed E-state index contributed by atoms with van der Waals surface area (Å²) < 4.78 is 10.4. The molecule has 1 fully saturated rings. The molecule has 4 unspecified atom stereocenters. The van der Waals surface area contributed by atoms with Crippen LogP contribution in [-0.2, 0) is 25.5 Å². The number of nitrogens with one attached hydrogen (secondary N) is 1. The third-order valence-corrected chi connectivity index (χ3v) is 5.36. The Hall–Kier alpha value is -2.61. The van der Waals surface area contributed by atoms with Gasteiger partial charge in [0.05, 0.1) is 31.6 Å². The van der Waals surface area contributed by atoms with Crippen LogP contribution >= 0.6 is 0 Å². The molecule has 2 aliphatic heterocycles. The van der Waals surface area contributed by atoms with Gasteiger partial charge in [0.15, 0.2) is 0 Å². The predicted octanol–water partition coefficient (Wildman–Crippen LogP) is 1.32. The molecule has 3 rings (SSSR count). The number of hydrogen-bond donors (Lipinski definition) is 3. The Labute approximate surface area is 169 Å². The van der Waals surface area contributed by atoms with Crippen LogP contribution in [0.3, 0.4) is 0 Å². The topological polar surface area (TPSA) is 122 Å². The number of rotatable bonds is 7. The molecule has 158 valence electrons. The Morgan fingerprint density at radius 3 is 2.69 bits per heavy atom. The minimum atomic E-state index is -0.979. The van der Waals surface area contributed by atoms with E-state index in [1.165, 1.54) is 6.07 Å². The van der Waals surface area contributed by atoms with Crippen LogP contribution in [0.4, 0.5) is 0 Å². The van der Waals surface area contributed by atoms with Crippen molar-refractivity contribution in [2.24, 2.45) is 11.8 Å². The third kappa shape index (κ3) is 5.06. The number of aliphatic hydroxyl groups excluding tert-OH is 1. The van der Waals surface area contributed by atoms with Crippen LogP contribution in [-0.4, -0.2) is 52.9 Å². The molecule has 8 heteroatoms. The van der Waals surface area contributed by atoms with Gasteiger partial charge in [-0.05, 0) is 24.0 Å². The number of phenols is 1. The monoisotopic (exact) mass is 405 g/mol. The first kappa shape index (κ1) is 21.1. The van der Waals surface area contributed by atoms with E-state index in [0.717, 1.165) is 0 Å². The SMILES string of the molecule is CC(C)CC(NC(=O)CC(O)C1COC(=O)C1)C1Cc2cccc(O)c2C(=O)O1. The van der Waals surface area contributed by atoms with Gasteiger partial charge in [-0.3, -0.25) is 9.59 Å². The second-order valence-corrected chi connectivity index (χ2v) is 8.18. The molecular weight excluding hydrogens is 378 g/mol. The number of aliphatic hydroxyl groups is 1. The quantitative estimate of drug-likeness (QED) is 0.585. The molecule has 2 aliphatic rings. The van der Waals surface area contributed by atoms with Gasteiger partial charge in [-0.15, -0.1) is 0 Å². The van der Waals surface area contributed by atoms with E-state index in [2.05, 4.69) is 5.32 Å². The number of carbonyl (C=O) groups excluding carboxylic acids is 3. The lowest BCUT2D eigenvalue weighted by Gasteiger charge is -2.33. The van der Waals surface area contributed by atoms with E-state index in [1.54, 1.807) is 12.1 Å². The van der Waals surface area contributed by atoms with E-state index in [4.69, 9.17) is 9.47 Å². The summed E-state index contributed by atoms with van der Waals surface area (Å²) in [6, 6.07) is 4.43. The zero-order valence-electron chi connectivity index (χ0n) is 16.6. The fourth-order valence-electron chi connectivity index (χ4n) is 3.88. The van der Waals surface area contributed by atoms with Gasteiger partial charge in [0.1, 0.15) is 17.4 Å². The smallest absolute Gasteiger partial charge is 0.342 e. The molecule has 0 spiro atoms. The third-order valence-electron chi connectivity index (χ3n) is 5.36. The Bertz CT molecular complexity index is 791. The lowest BCUT2D eigenvalue weighted by Crippen LogP contribution is -2.49. The van der Waals surface area contributed by atoms with Crippen molar-refractivity contribution >= 4 is 17.8 Å². The molecule has 29 heavy (non-hydrogen) atoms. The van der Waals surface area contributed by atoms with Gasteiger partial charge in [-0.25, -0.2) is 4.79 Å². The fraction of sp³-hybridized carbons (Fsp3) is 0.571. The first-order chi connectivity index (χ1) is 13.7. The maximum atomic E-state index is 12.5. The summed E-state index contributed by atoms with van der Waals surface area (Å²) in [5, 5.41) is 23.1. The summed E-state index contributed by atoms with van der Waals surface area (Å²) >= 11 is 0. The highest BCUT2D eigenvalue weighted by atomic mass is 16.5. The normalized spacial score (nSPS) is 23.2. The molecule has 1 aromatic carbocycles. The molecular formula is C21H27NO7. The van der Waals surface area contributed by atoms with Gasteiger partial charge in [0.2, 0.25) is 5.91 Å². The van der Waals surface area contributed by atoms with Gasteiger partial charge >= 0.3 is 11.9 Å². The van der Waals surface area contributed by atoms with Gasteiger partial charge < -0.3 is 25.0 Å². The van der Waals surface area contributed by atoms with E-state index in [0.29, 0.717) is 18.4 Å². The molecule has 3 N–H and O–H groups in total. The fourth-order valence-corrected chi connectivity index (χ4v) is 3.88. The van der Waals surface area contributed by atoms with Crippen molar-refractivity contribution in [3.05, 3.63) is 29.3 Å². The molecule has 0 aromatic heterocycles. The average molecular weight is 405 g/mol. The van der Waals surface area contributed by atoms with Crippen molar-refractivity contribution in [3.63, 3.8) is 0 Å². The van der Waals surface area contributed by atoms with Crippen molar-refractivity contribution in [2.75, 3.05) is 6.61 Å². The molecule has 1 amide bonds. The average Bonchev–Trinajstić information content (AvgIpc) is 3.07. The molecule has 1 aromatic rings. The lowest BCUT2D eigenvalue weighted by molar-refractivity contribution is -0.138. The van der Waals surface area contributed by atoms with Gasteiger partial charge in [-0.2, -0.15) is 0 Å². The Kier molecular flexibility index (Phi) is 6.42. The number of aromatic hydroxyl groups is 1. The van der Waals surface area contributed by atoms with Crippen LogP contribution in [0.5, 0.6) is 5.75 Å². The molecule has 0 aliphatic carbocycles. The number of fused-ring (bicyclic) bond motifs is 1. The number of phenolic OH excluding ortho intramolecular Hbond substituents is 1. The maximum absolute atomic E-state index is 12.5. The van der Waals surface area contributed by atoms with Crippen LogP contribution < -0.4 is 5.32 Å². The number of amides is 1. The van der Waals surface area contributed by atoms with Crippen LogP contribution in [0.15, 0.2) is 18.2 Å². The summed E-state index contributed by atoms with van der Waals surface area (Å²) in [7, 11) is 0. The number of ether oxygens (including phenoxy) is 2. The predicted molar refractivity (Wildman–Crippen MR) is 102 cm³/mol.